The van der Waals surface area contributed by atoms with Crippen molar-refractivity contribution in [2.45, 2.75) is 12.5 Å². The summed E-state index contributed by atoms with van der Waals surface area (Å²) in [6.45, 7) is 0. The number of hydrogen-bond acceptors (Lipinski definition) is 6. The van der Waals surface area contributed by atoms with E-state index in [1.807, 2.05) is 0 Å². The van der Waals surface area contributed by atoms with Gasteiger partial charge in [0.1, 0.15) is 11.8 Å². The molecule has 2 aromatic carbocycles. The minimum Gasteiger partial charge on any atom is -0.545 e. The Labute approximate surface area is 143 Å². The van der Waals surface area contributed by atoms with Crippen molar-refractivity contribution in [3.63, 3.8) is 0 Å². The Bertz CT molecular complexity index is 814. The Morgan fingerprint density at radius 2 is 1.76 bits per heavy atom. The molecule has 1 aliphatic heterocycles. The van der Waals surface area contributed by atoms with Gasteiger partial charge < -0.3 is 20.0 Å². The number of amides is 2. The van der Waals surface area contributed by atoms with Gasteiger partial charge in [-0.05, 0) is 42.0 Å². The second kappa shape index (κ2) is 6.64. The molecule has 3 rings (SSSR count). The number of methoxy groups -OCH3 is 1. The molecule has 2 aromatic rings. The third kappa shape index (κ3) is 3.30. The summed E-state index contributed by atoms with van der Waals surface area (Å²) in [4.78, 5) is 36.6. The van der Waals surface area contributed by atoms with E-state index in [2.05, 4.69) is 5.32 Å². The smallest absolute Gasteiger partial charge is 0.256 e. The highest BCUT2D eigenvalue weighted by molar-refractivity contribution is 6.23. The van der Waals surface area contributed by atoms with E-state index in [0.29, 0.717) is 17.1 Å². The summed E-state index contributed by atoms with van der Waals surface area (Å²) in [6, 6.07) is 11.8. The van der Waals surface area contributed by atoms with Crippen LogP contribution in [0.4, 0.5) is 11.4 Å². The summed E-state index contributed by atoms with van der Waals surface area (Å²) in [5.74, 6) is -1.36. The lowest BCUT2D eigenvalue weighted by Gasteiger charge is -2.16. The average Bonchev–Trinajstić information content (AvgIpc) is 2.89. The van der Waals surface area contributed by atoms with Gasteiger partial charge in [-0.25, -0.2) is 4.90 Å². The van der Waals surface area contributed by atoms with E-state index in [9.17, 15) is 19.5 Å². The monoisotopic (exact) mass is 339 g/mol. The Morgan fingerprint density at radius 3 is 2.32 bits per heavy atom. The number of carbonyl (C=O) groups is 3. The lowest BCUT2D eigenvalue weighted by Crippen LogP contribution is -2.34. The predicted molar refractivity (Wildman–Crippen MR) is 88.3 cm³/mol. The zero-order valence-corrected chi connectivity index (χ0v) is 13.4. The molecule has 7 nitrogen and oxygen atoms in total. The zero-order chi connectivity index (χ0) is 18.0. The van der Waals surface area contributed by atoms with Crippen molar-refractivity contribution < 1.29 is 24.2 Å². The van der Waals surface area contributed by atoms with Crippen LogP contribution in [0.2, 0.25) is 0 Å². The molecule has 1 aliphatic rings. The van der Waals surface area contributed by atoms with Crippen molar-refractivity contribution in [3.05, 3.63) is 54.1 Å². The number of nitrogens with one attached hydrogen (secondary N) is 1. The van der Waals surface area contributed by atoms with Crippen LogP contribution in [-0.4, -0.2) is 30.9 Å². The van der Waals surface area contributed by atoms with Gasteiger partial charge in [-0.3, -0.25) is 9.59 Å². The molecule has 0 radical (unpaired) electrons. The molecular weight excluding hydrogens is 324 g/mol. The van der Waals surface area contributed by atoms with Crippen LogP contribution in [0.3, 0.4) is 0 Å². The van der Waals surface area contributed by atoms with Crippen LogP contribution in [0, 0.1) is 0 Å². The van der Waals surface area contributed by atoms with Gasteiger partial charge in [0.05, 0.1) is 25.2 Å². The number of carboxylic acids is 1. The van der Waals surface area contributed by atoms with Crippen LogP contribution >= 0.6 is 0 Å². The molecule has 2 amide bonds. The van der Waals surface area contributed by atoms with Gasteiger partial charge in [-0.15, -0.1) is 0 Å². The van der Waals surface area contributed by atoms with Gasteiger partial charge in [-0.2, -0.15) is 0 Å². The van der Waals surface area contributed by atoms with Crippen molar-refractivity contribution in [3.8, 4) is 5.75 Å². The van der Waals surface area contributed by atoms with Gasteiger partial charge in [-0.1, -0.05) is 12.1 Å². The van der Waals surface area contributed by atoms with Gasteiger partial charge in [0, 0.05) is 5.69 Å². The highest BCUT2D eigenvalue weighted by atomic mass is 16.5. The SMILES string of the molecule is COc1ccc(NC2CC(=O)N(c3ccc(C(=O)[O-])cc3)C2=O)cc1. The fourth-order valence-corrected chi connectivity index (χ4v) is 2.65. The Morgan fingerprint density at radius 1 is 1.12 bits per heavy atom. The van der Waals surface area contributed by atoms with Gasteiger partial charge in [0.15, 0.2) is 0 Å². The maximum Gasteiger partial charge on any atom is 0.256 e. The number of imide groups is 1. The van der Waals surface area contributed by atoms with Crippen molar-refractivity contribution in [1.29, 1.82) is 0 Å². The molecule has 1 heterocycles. The van der Waals surface area contributed by atoms with E-state index in [1.165, 1.54) is 24.3 Å². The molecular formula is C18H15N2O5-. The van der Waals surface area contributed by atoms with E-state index < -0.39 is 12.0 Å². The molecule has 25 heavy (non-hydrogen) atoms. The van der Waals surface area contributed by atoms with E-state index >= 15 is 0 Å². The molecule has 1 atom stereocenters. The Kier molecular flexibility index (Phi) is 4.38. The first-order valence-corrected chi connectivity index (χ1v) is 7.58. The van der Waals surface area contributed by atoms with Crippen LogP contribution in [-0.2, 0) is 9.59 Å². The second-order valence-corrected chi connectivity index (χ2v) is 5.53. The average molecular weight is 339 g/mol. The number of ether oxygens (including phenoxy) is 1. The number of hydrogen-bond donors (Lipinski definition) is 1. The van der Waals surface area contributed by atoms with Crippen molar-refractivity contribution in [2.75, 3.05) is 17.3 Å². The Hall–Kier alpha value is -3.35. The molecule has 7 heteroatoms. The lowest BCUT2D eigenvalue weighted by molar-refractivity contribution is -0.255. The number of benzene rings is 2. The fourth-order valence-electron chi connectivity index (χ4n) is 2.65. The topological polar surface area (TPSA) is 98.8 Å². The lowest BCUT2D eigenvalue weighted by atomic mass is 10.2. The van der Waals surface area contributed by atoms with Crippen molar-refractivity contribution in [2.24, 2.45) is 0 Å². The number of anilines is 2. The highest BCUT2D eigenvalue weighted by Gasteiger charge is 2.39. The number of nitrogens with zero attached hydrogens (tertiary/aromatic N) is 1. The summed E-state index contributed by atoms with van der Waals surface area (Å²) >= 11 is 0. The molecule has 1 unspecified atom stereocenters. The minimum absolute atomic E-state index is 0.0178. The molecule has 0 bridgehead atoms. The van der Waals surface area contributed by atoms with Crippen LogP contribution in [0.5, 0.6) is 5.75 Å². The largest absolute Gasteiger partial charge is 0.545 e. The van der Waals surface area contributed by atoms with Crippen molar-refractivity contribution >= 4 is 29.2 Å². The van der Waals surface area contributed by atoms with Crippen LogP contribution in [0.1, 0.15) is 16.8 Å². The summed E-state index contributed by atoms with van der Waals surface area (Å²) in [5.41, 5.74) is 1.01. The van der Waals surface area contributed by atoms with E-state index in [4.69, 9.17) is 4.74 Å². The first-order valence-electron chi connectivity index (χ1n) is 7.58. The molecule has 1 saturated heterocycles. The van der Waals surface area contributed by atoms with E-state index in [-0.39, 0.29) is 23.8 Å². The van der Waals surface area contributed by atoms with Crippen LogP contribution < -0.4 is 20.1 Å². The van der Waals surface area contributed by atoms with Gasteiger partial charge in [0.2, 0.25) is 5.91 Å². The molecule has 128 valence electrons. The number of aromatic carboxylic acids is 1. The maximum atomic E-state index is 12.6. The molecule has 0 spiro atoms. The first kappa shape index (κ1) is 16.5. The predicted octanol–water partition coefficient (Wildman–Crippen LogP) is 0.803. The second-order valence-electron chi connectivity index (χ2n) is 5.53. The summed E-state index contributed by atoms with van der Waals surface area (Å²) in [5, 5.41) is 13.8. The molecule has 1 fully saturated rings. The summed E-state index contributed by atoms with van der Waals surface area (Å²) in [6.07, 6.45) is 0.0209. The maximum absolute atomic E-state index is 12.6. The highest BCUT2D eigenvalue weighted by Crippen LogP contribution is 2.26. The summed E-state index contributed by atoms with van der Waals surface area (Å²) in [7, 11) is 1.56. The van der Waals surface area contributed by atoms with Gasteiger partial charge >= 0.3 is 0 Å². The van der Waals surface area contributed by atoms with Crippen LogP contribution in [0.15, 0.2) is 48.5 Å². The first-order chi connectivity index (χ1) is 12.0. The normalized spacial score (nSPS) is 16.8. The van der Waals surface area contributed by atoms with E-state index in [1.54, 1.807) is 31.4 Å². The third-order valence-corrected chi connectivity index (χ3v) is 3.94. The molecule has 0 aromatic heterocycles. The molecule has 1 N–H and O–H groups in total. The quantitative estimate of drug-likeness (QED) is 0.809. The number of carbonyl (C=O) groups excluding carboxylic acids is 3. The Balaban J connectivity index is 1.76. The van der Waals surface area contributed by atoms with Crippen LogP contribution in [0.25, 0.3) is 0 Å². The summed E-state index contributed by atoms with van der Waals surface area (Å²) < 4.78 is 5.08. The zero-order valence-electron chi connectivity index (χ0n) is 13.4. The molecule has 0 aliphatic carbocycles. The number of rotatable bonds is 5. The minimum atomic E-state index is -1.32. The van der Waals surface area contributed by atoms with Crippen molar-refractivity contribution in [1.82, 2.24) is 0 Å². The van der Waals surface area contributed by atoms with E-state index in [0.717, 1.165) is 4.90 Å². The standard InChI is InChI=1S/C18H16N2O5/c1-25-14-8-4-12(5-9-14)19-15-10-16(21)20(17(15)22)13-6-2-11(3-7-13)18(23)24/h2-9,15,19H,10H2,1H3,(H,23,24)/p-1. The fraction of sp³-hybridized carbons (Fsp3) is 0.167. The van der Waals surface area contributed by atoms with Gasteiger partial charge in [0.25, 0.3) is 5.91 Å². The molecule has 0 saturated carbocycles. The third-order valence-electron chi connectivity index (χ3n) is 3.94. The number of carboxylic acid groups (broad SMARTS) is 1.